The third-order valence-corrected chi connectivity index (χ3v) is 4.30. The molecule has 0 bridgehead atoms. The fourth-order valence-corrected chi connectivity index (χ4v) is 3.51. The number of pyridine rings is 1. The van der Waals surface area contributed by atoms with Gasteiger partial charge in [0.1, 0.15) is 5.82 Å². The summed E-state index contributed by atoms with van der Waals surface area (Å²) in [4.78, 5) is 8.54. The van der Waals surface area contributed by atoms with Gasteiger partial charge in [0.05, 0.1) is 18.2 Å². The van der Waals surface area contributed by atoms with Crippen LogP contribution in [0.1, 0.15) is 39.2 Å². The standard InChI is InChI=1S/C16H22N4/c1-11-5-12(2)7-14(6-11)20-10-18-9-15(20)13-3-4-16(17)19-8-13/h3-4,8-12,14H,5-7H2,1-2H3,(H2,17,19). The average molecular weight is 270 g/mol. The van der Waals surface area contributed by atoms with E-state index in [2.05, 4.69) is 28.4 Å². The second kappa shape index (κ2) is 5.27. The van der Waals surface area contributed by atoms with Gasteiger partial charge in [-0.15, -0.1) is 0 Å². The topological polar surface area (TPSA) is 56.7 Å². The molecule has 2 N–H and O–H groups in total. The third-order valence-electron chi connectivity index (χ3n) is 4.30. The van der Waals surface area contributed by atoms with Gasteiger partial charge in [0.25, 0.3) is 0 Å². The van der Waals surface area contributed by atoms with Crippen molar-refractivity contribution in [1.29, 1.82) is 0 Å². The predicted octanol–water partition coefficient (Wildman–Crippen LogP) is 3.52. The molecule has 2 aromatic heterocycles. The predicted molar refractivity (Wildman–Crippen MR) is 81.1 cm³/mol. The third kappa shape index (κ3) is 2.55. The molecular weight excluding hydrogens is 248 g/mol. The van der Waals surface area contributed by atoms with Crippen molar-refractivity contribution in [3.63, 3.8) is 0 Å². The summed E-state index contributed by atoms with van der Waals surface area (Å²) < 4.78 is 2.32. The Bertz CT molecular complexity index is 562. The number of hydrogen-bond donors (Lipinski definition) is 1. The van der Waals surface area contributed by atoms with E-state index in [1.165, 1.54) is 19.3 Å². The van der Waals surface area contributed by atoms with Gasteiger partial charge >= 0.3 is 0 Å². The molecule has 0 aromatic carbocycles. The maximum absolute atomic E-state index is 5.66. The molecule has 2 aromatic rings. The van der Waals surface area contributed by atoms with Gasteiger partial charge in [0.15, 0.2) is 0 Å². The molecule has 20 heavy (non-hydrogen) atoms. The molecule has 4 nitrogen and oxygen atoms in total. The molecule has 0 aliphatic heterocycles. The molecule has 0 amide bonds. The highest BCUT2D eigenvalue weighted by Crippen LogP contribution is 2.37. The van der Waals surface area contributed by atoms with Crippen LogP contribution in [0.15, 0.2) is 30.9 Å². The zero-order chi connectivity index (χ0) is 14.1. The van der Waals surface area contributed by atoms with Crippen molar-refractivity contribution in [2.75, 3.05) is 5.73 Å². The molecule has 2 unspecified atom stereocenters. The summed E-state index contributed by atoms with van der Waals surface area (Å²) in [7, 11) is 0. The number of rotatable bonds is 2. The molecule has 1 fully saturated rings. The molecule has 4 heteroatoms. The van der Waals surface area contributed by atoms with E-state index in [1.807, 2.05) is 30.9 Å². The second-order valence-electron chi connectivity index (χ2n) is 6.23. The summed E-state index contributed by atoms with van der Waals surface area (Å²) in [6, 6.07) is 4.41. The average Bonchev–Trinajstić information content (AvgIpc) is 2.87. The van der Waals surface area contributed by atoms with Gasteiger partial charge in [-0.1, -0.05) is 13.8 Å². The zero-order valence-electron chi connectivity index (χ0n) is 12.2. The molecule has 0 saturated heterocycles. The van der Waals surface area contributed by atoms with Crippen molar-refractivity contribution in [3.05, 3.63) is 30.9 Å². The molecule has 1 aliphatic rings. The van der Waals surface area contributed by atoms with Crippen LogP contribution in [-0.4, -0.2) is 14.5 Å². The summed E-state index contributed by atoms with van der Waals surface area (Å²) in [6.45, 7) is 4.70. The fourth-order valence-electron chi connectivity index (χ4n) is 3.51. The van der Waals surface area contributed by atoms with Gasteiger partial charge < -0.3 is 10.3 Å². The summed E-state index contributed by atoms with van der Waals surface area (Å²) in [5.74, 6) is 2.12. The Morgan fingerprint density at radius 1 is 1.10 bits per heavy atom. The van der Waals surface area contributed by atoms with Crippen molar-refractivity contribution in [1.82, 2.24) is 14.5 Å². The lowest BCUT2D eigenvalue weighted by atomic mass is 9.80. The minimum absolute atomic E-state index is 0.545. The molecule has 0 radical (unpaired) electrons. The minimum Gasteiger partial charge on any atom is -0.384 e. The van der Waals surface area contributed by atoms with Crippen LogP contribution in [0, 0.1) is 11.8 Å². The zero-order valence-corrected chi connectivity index (χ0v) is 12.2. The van der Waals surface area contributed by atoms with Crippen molar-refractivity contribution < 1.29 is 0 Å². The summed E-state index contributed by atoms with van der Waals surface area (Å²) in [6.07, 6.45) is 9.52. The molecule has 106 valence electrons. The fraction of sp³-hybridized carbons (Fsp3) is 0.500. The number of anilines is 1. The van der Waals surface area contributed by atoms with Crippen molar-refractivity contribution in [2.45, 2.75) is 39.2 Å². The minimum atomic E-state index is 0.545. The van der Waals surface area contributed by atoms with E-state index in [9.17, 15) is 0 Å². The highest BCUT2D eigenvalue weighted by atomic mass is 15.1. The first-order valence-corrected chi connectivity index (χ1v) is 7.37. The smallest absolute Gasteiger partial charge is 0.123 e. The Labute approximate surface area is 120 Å². The maximum Gasteiger partial charge on any atom is 0.123 e. The number of imidazole rings is 1. The van der Waals surface area contributed by atoms with E-state index in [-0.39, 0.29) is 0 Å². The second-order valence-corrected chi connectivity index (χ2v) is 6.23. The van der Waals surface area contributed by atoms with Gasteiger partial charge in [-0.3, -0.25) is 0 Å². The lowest BCUT2D eigenvalue weighted by Gasteiger charge is -2.33. The number of nitrogens with zero attached hydrogens (tertiary/aromatic N) is 3. The van der Waals surface area contributed by atoms with Gasteiger partial charge in [-0.05, 0) is 43.2 Å². The quantitative estimate of drug-likeness (QED) is 0.908. The van der Waals surface area contributed by atoms with Gasteiger partial charge in [0.2, 0.25) is 0 Å². The Balaban J connectivity index is 1.91. The monoisotopic (exact) mass is 270 g/mol. The molecular formula is C16H22N4. The van der Waals surface area contributed by atoms with Crippen molar-refractivity contribution >= 4 is 5.82 Å². The number of aromatic nitrogens is 3. The Hall–Kier alpha value is -1.84. The highest BCUT2D eigenvalue weighted by Gasteiger charge is 2.26. The van der Waals surface area contributed by atoms with Crippen LogP contribution in [0.25, 0.3) is 11.3 Å². The van der Waals surface area contributed by atoms with E-state index in [1.54, 1.807) is 0 Å². The molecule has 0 spiro atoms. The van der Waals surface area contributed by atoms with Crippen molar-refractivity contribution in [2.24, 2.45) is 11.8 Å². The van der Waals surface area contributed by atoms with E-state index in [0.717, 1.165) is 23.1 Å². The molecule has 1 aliphatic carbocycles. The Kier molecular flexibility index (Phi) is 3.47. The van der Waals surface area contributed by atoms with Gasteiger partial charge in [-0.2, -0.15) is 0 Å². The van der Waals surface area contributed by atoms with E-state index in [4.69, 9.17) is 5.73 Å². The first-order valence-electron chi connectivity index (χ1n) is 7.37. The van der Waals surface area contributed by atoms with E-state index < -0.39 is 0 Å². The molecule has 1 saturated carbocycles. The summed E-state index contributed by atoms with van der Waals surface area (Å²) in [5, 5.41) is 0. The van der Waals surface area contributed by atoms with E-state index >= 15 is 0 Å². The molecule has 2 atom stereocenters. The van der Waals surface area contributed by atoms with Crippen molar-refractivity contribution in [3.8, 4) is 11.3 Å². The number of hydrogen-bond acceptors (Lipinski definition) is 3. The SMILES string of the molecule is CC1CC(C)CC(n2cncc2-c2ccc(N)nc2)C1. The number of nitrogen functional groups attached to an aromatic ring is 1. The Morgan fingerprint density at radius 3 is 2.50 bits per heavy atom. The van der Waals surface area contributed by atoms with Crippen LogP contribution in [0.2, 0.25) is 0 Å². The van der Waals surface area contributed by atoms with Crippen LogP contribution in [-0.2, 0) is 0 Å². The van der Waals surface area contributed by atoms with Crippen LogP contribution >= 0.6 is 0 Å². The highest BCUT2D eigenvalue weighted by molar-refractivity contribution is 5.59. The molecule has 2 heterocycles. The Morgan fingerprint density at radius 2 is 1.85 bits per heavy atom. The molecule has 3 rings (SSSR count). The lowest BCUT2D eigenvalue weighted by Crippen LogP contribution is -2.22. The first kappa shape index (κ1) is 13.2. The number of nitrogens with two attached hydrogens (primary N) is 1. The van der Waals surface area contributed by atoms with Crippen LogP contribution in [0.5, 0.6) is 0 Å². The summed E-state index contributed by atoms with van der Waals surface area (Å²) in [5.41, 5.74) is 7.89. The summed E-state index contributed by atoms with van der Waals surface area (Å²) >= 11 is 0. The lowest BCUT2D eigenvalue weighted by molar-refractivity contribution is 0.222. The van der Waals surface area contributed by atoms with Crippen LogP contribution in [0.4, 0.5) is 5.82 Å². The maximum atomic E-state index is 5.66. The van der Waals surface area contributed by atoms with E-state index in [0.29, 0.717) is 11.9 Å². The van der Waals surface area contributed by atoms with Gasteiger partial charge in [0, 0.05) is 17.8 Å². The van der Waals surface area contributed by atoms with Gasteiger partial charge in [-0.25, -0.2) is 9.97 Å². The van der Waals surface area contributed by atoms with Crippen LogP contribution < -0.4 is 5.73 Å². The normalized spacial score (nSPS) is 26.6. The largest absolute Gasteiger partial charge is 0.384 e. The first-order chi connectivity index (χ1) is 9.63. The van der Waals surface area contributed by atoms with Crippen LogP contribution in [0.3, 0.4) is 0 Å².